The van der Waals surface area contributed by atoms with Gasteiger partial charge in [0.1, 0.15) is 5.82 Å². The van der Waals surface area contributed by atoms with Crippen molar-refractivity contribution < 1.29 is 10.0 Å². The highest BCUT2D eigenvalue weighted by Crippen LogP contribution is 2.28. The Labute approximate surface area is 161 Å². The normalized spacial score (nSPS) is 15.1. The van der Waals surface area contributed by atoms with Gasteiger partial charge in [0.25, 0.3) is 5.91 Å². The molecular formula is C20H20N4O2S. The number of anilines is 1. The van der Waals surface area contributed by atoms with E-state index in [1.54, 1.807) is 23.5 Å². The smallest absolute Gasteiger partial charge is 0.276 e. The predicted molar refractivity (Wildman–Crippen MR) is 107 cm³/mol. The highest BCUT2D eigenvalue weighted by molar-refractivity contribution is 7.97. The number of rotatable bonds is 4. The van der Waals surface area contributed by atoms with Crippen molar-refractivity contribution in [3.05, 3.63) is 66.4 Å². The Morgan fingerprint density at radius 1 is 1.00 bits per heavy atom. The zero-order chi connectivity index (χ0) is 18.6. The molecule has 1 aliphatic heterocycles. The molecule has 0 saturated carbocycles. The lowest BCUT2D eigenvalue weighted by atomic mass is 10.1. The van der Waals surface area contributed by atoms with E-state index in [-0.39, 0.29) is 0 Å². The van der Waals surface area contributed by atoms with Crippen LogP contribution in [0.3, 0.4) is 0 Å². The molecule has 1 saturated heterocycles. The van der Waals surface area contributed by atoms with Gasteiger partial charge in [0, 0.05) is 37.3 Å². The summed E-state index contributed by atoms with van der Waals surface area (Å²) >= 11 is 1.79. The number of nitrogens with zero attached hydrogens (tertiary/aromatic N) is 3. The fraction of sp³-hybridized carbons (Fsp3) is 0.200. The lowest BCUT2D eigenvalue weighted by molar-refractivity contribution is 0.0706. The van der Waals surface area contributed by atoms with Crippen molar-refractivity contribution in [2.75, 3.05) is 31.1 Å². The van der Waals surface area contributed by atoms with Gasteiger partial charge in [-0.05, 0) is 47.0 Å². The van der Waals surface area contributed by atoms with E-state index in [9.17, 15) is 4.79 Å². The number of piperazine rings is 1. The molecule has 2 heterocycles. The van der Waals surface area contributed by atoms with Crippen molar-refractivity contribution in [3.8, 4) is 0 Å². The maximum Gasteiger partial charge on any atom is 0.276 e. The van der Waals surface area contributed by atoms with Gasteiger partial charge in [0.05, 0.1) is 5.56 Å². The van der Waals surface area contributed by atoms with E-state index < -0.39 is 5.91 Å². The van der Waals surface area contributed by atoms with Gasteiger partial charge in [-0.3, -0.25) is 10.0 Å². The van der Waals surface area contributed by atoms with Crippen LogP contribution in [0.1, 0.15) is 10.4 Å². The van der Waals surface area contributed by atoms with Crippen LogP contribution in [0.15, 0.2) is 65.7 Å². The molecule has 6 nitrogen and oxygen atoms in total. The van der Waals surface area contributed by atoms with Crippen molar-refractivity contribution >= 4 is 34.4 Å². The first-order valence-electron chi connectivity index (χ1n) is 8.80. The lowest BCUT2D eigenvalue weighted by Crippen LogP contribution is -2.43. The van der Waals surface area contributed by atoms with Gasteiger partial charge in [-0.2, -0.15) is 0 Å². The first-order chi connectivity index (χ1) is 13.2. The van der Waals surface area contributed by atoms with Crippen LogP contribution in [-0.4, -0.2) is 46.6 Å². The van der Waals surface area contributed by atoms with Crippen molar-refractivity contribution in [2.45, 2.75) is 4.90 Å². The van der Waals surface area contributed by atoms with Crippen molar-refractivity contribution in [1.29, 1.82) is 0 Å². The van der Waals surface area contributed by atoms with Crippen LogP contribution >= 0.6 is 11.9 Å². The van der Waals surface area contributed by atoms with E-state index in [0.29, 0.717) is 5.56 Å². The van der Waals surface area contributed by atoms with E-state index in [4.69, 9.17) is 5.21 Å². The molecule has 4 rings (SSSR count). The largest absolute Gasteiger partial charge is 0.354 e. The molecule has 7 heteroatoms. The Balaban J connectivity index is 1.36. The molecule has 1 fully saturated rings. The first-order valence-corrected chi connectivity index (χ1v) is 9.57. The summed E-state index contributed by atoms with van der Waals surface area (Å²) in [7, 11) is 0. The number of aromatic nitrogens is 1. The second kappa shape index (κ2) is 7.96. The minimum Gasteiger partial charge on any atom is -0.354 e. The maximum absolute atomic E-state index is 11.4. The highest BCUT2D eigenvalue weighted by Gasteiger charge is 2.19. The molecule has 1 aromatic heterocycles. The third kappa shape index (κ3) is 4.05. The van der Waals surface area contributed by atoms with Gasteiger partial charge in [0.2, 0.25) is 0 Å². The monoisotopic (exact) mass is 380 g/mol. The van der Waals surface area contributed by atoms with Gasteiger partial charge in [-0.15, -0.1) is 0 Å². The number of hydrogen-bond donors (Lipinski definition) is 2. The first kappa shape index (κ1) is 17.8. The summed E-state index contributed by atoms with van der Waals surface area (Å²) in [6.45, 7) is 3.61. The molecule has 27 heavy (non-hydrogen) atoms. The molecule has 0 aliphatic carbocycles. The number of carbonyl (C=O) groups is 1. The Hall–Kier alpha value is -2.61. The summed E-state index contributed by atoms with van der Waals surface area (Å²) in [6.07, 6.45) is 1.48. The van der Waals surface area contributed by atoms with Crippen LogP contribution in [0.25, 0.3) is 10.8 Å². The number of carbonyl (C=O) groups excluding carboxylic acids is 1. The van der Waals surface area contributed by atoms with Gasteiger partial charge in [-0.25, -0.2) is 14.8 Å². The molecule has 2 aromatic carbocycles. The summed E-state index contributed by atoms with van der Waals surface area (Å²) in [6, 6.07) is 18.5. The minimum atomic E-state index is -0.550. The summed E-state index contributed by atoms with van der Waals surface area (Å²) in [5, 5.41) is 11.2. The van der Waals surface area contributed by atoms with Gasteiger partial charge in [0.15, 0.2) is 0 Å². The zero-order valence-electron chi connectivity index (χ0n) is 14.7. The number of hydrogen-bond acceptors (Lipinski definition) is 6. The summed E-state index contributed by atoms with van der Waals surface area (Å²) in [4.78, 5) is 19.2. The van der Waals surface area contributed by atoms with Gasteiger partial charge in [-0.1, -0.05) is 30.3 Å². The quantitative estimate of drug-likeness (QED) is 0.412. The Morgan fingerprint density at radius 2 is 1.78 bits per heavy atom. The average Bonchev–Trinajstić information content (AvgIpc) is 2.74. The van der Waals surface area contributed by atoms with Gasteiger partial charge >= 0.3 is 0 Å². The zero-order valence-corrected chi connectivity index (χ0v) is 15.5. The molecule has 3 aromatic rings. The number of nitrogens with one attached hydrogen (secondary N) is 1. The van der Waals surface area contributed by atoms with Crippen LogP contribution in [0.5, 0.6) is 0 Å². The second-order valence-corrected chi connectivity index (χ2v) is 7.53. The lowest BCUT2D eigenvalue weighted by Gasteiger charge is -2.34. The molecule has 0 spiro atoms. The van der Waals surface area contributed by atoms with Crippen LogP contribution in [-0.2, 0) is 0 Å². The summed E-state index contributed by atoms with van der Waals surface area (Å²) in [5.41, 5.74) is 1.96. The topological polar surface area (TPSA) is 68.7 Å². The molecule has 0 radical (unpaired) electrons. The molecule has 1 aliphatic rings. The molecule has 0 unspecified atom stereocenters. The number of fused-ring (bicyclic) bond motifs is 1. The molecule has 1 amide bonds. The van der Waals surface area contributed by atoms with Crippen molar-refractivity contribution in [3.63, 3.8) is 0 Å². The van der Waals surface area contributed by atoms with E-state index in [1.165, 1.54) is 21.9 Å². The number of pyridine rings is 1. The van der Waals surface area contributed by atoms with Crippen LogP contribution in [0.2, 0.25) is 0 Å². The fourth-order valence-corrected chi connectivity index (χ4v) is 4.11. The number of benzene rings is 2. The van der Waals surface area contributed by atoms with Crippen LogP contribution in [0, 0.1) is 0 Å². The van der Waals surface area contributed by atoms with E-state index >= 15 is 0 Å². The Kier molecular flexibility index (Phi) is 5.24. The van der Waals surface area contributed by atoms with E-state index in [1.807, 2.05) is 6.07 Å². The summed E-state index contributed by atoms with van der Waals surface area (Å²) < 4.78 is 2.37. The predicted octanol–water partition coefficient (Wildman–Crippen LogP) is 3.18. The molecule has 0 atom stereocenters. The number of hydroxylamine groups is 1. The van der Waals surface area contributed by atoms with Crippen molar-refractivity contribution in [1.82, 2.24) is 14.8 Å². The molecule has 138 valence electrons. The number of amides is 1. The van der Waals surface area contributed by atoms with E-state index in [0.717, 1.165) is 32.0 Å². The average molecular weight is 380 g/mol. The SMILES string of the molecule is O=C(NO)c1ccc(N2CCN(Sc3ccc4ccccc4c3)CC2)nc1. The molecular weight excluding hydrogens is 360 g/mol. The van der Waals surface area contributed by atoms with Gasteiger partial charge < -0.3 is 4.90 Å². The molecule has 0 bridgehead atoms. The third-order valence-corrected chi connectivity index (χ3v) is 5.72. The van der Waals surface area contributed by atoms with Crippen LogP contribution < -0.4 is 10.4 Å². The van der Waals surface area contributed by atoms with Crippen LogP contribution in [0.4, 0.5) is 5.82 Å². The fourth-order valence-electron chi connectivity index (χ4n) is 3.15. The van der Waals surface area contributed by atoms with Crippen molar-refractivity contribution in [2.24, 2.45) is 0 Å². The Morgan fingerprint density at radius 3 is 2.48 bits per heavy atom. The summed E-state index contributed by atoms with van der Waals surface area (Å²) in [5.74, 6) is 0.297. The Bertz CT molecular complexity index is 940. The minimum absolute atomic E-state index is 0.340. The van der Waals surface area contributed by atoms with E-state index in [2.05, 4.69) is 56.7 Å². The standard InChI is InChI=1S/C20H20N4O2S/c25-20(22-26)17-6-8-19(21-14-17)23-9-11-24(12-10-23)27-18-7-5-15-3-1-2-4-16(15)13-18/h1-8,13-14,26H,9-12H2,(H,22,25). The maximum atomic E-state index is 11.4. The second-order valence-electron chi connectivity index (χ2n) is 6.36. The highest BCUT2D eigenvalue weighted by atomic mass is 32.2. The third-order valence-electron chi connectivity index (χ3n) is 4.63. The molecule has 2 N–H and O–H groups in total.